The second kappa shape index (κ2) is 7.47. The molecule has 0 spiro atoms. The number of para-hydroxylation sites is 1. The SMILES string of the molecule is CC(CN1CC2CC(Oc3c(F)cccc3F)C[C@@H]2C1)c1ccc(O)cc1. The quantitative estimate of drug-likeness (QED) is 0.834. The van der Waals surface area contributed by atoms with Gasteiger partial charge in [-0.25, -0.2) is 8.78 Å². The highest BCUT2D eigenvalue weighted by atomic mass is 19.1. The molecule has 5 heteroatoms. The van der Waals surface area contributed by atoms with E-state index in [2.05, 4.69) is 11.8 Å². The highest BCUT2D eigenvalue weighted by molar-refractivity contribution is 5.28. The topological polar surface area (TPSA) is 32.7 Å². The Morgan fingerprint density at radius 2 is 1.63 bits per heavy atom. The number of aromatic hydroxyl groups is 1. The third-order valence-electron chi connectivity index (χ3n) is 5.98. The molecule has 3 unspecified atom stereocenters. The van der Waals surface area contributed by atoms with Crippen molar-refractivity contribution >= 4 is 0 Å². The van der Waals surface area contributed by atoms with Gasteiger partial charge in [-0.1, -0.05) is 25.1 Å². The lowest BCUT2D eigenvalue weighted by atomic mass is 10.0. The van der Waals surface area contributed by atoms with Crippen LogP contribution in [0.25, 0.3) is 0 Å². The van der Waals surface area contributed by atoms with Gasteiger partial charge in [0.25, 0.3) is 0 Å². The Morgan fingerprint density at radius 1 is 1.04 bits per heavy atom. The van der Waals surface area contributed by atoms with E-state index in [4.69, 9.17) is 4.74 Å². The van der Waals surface area contributed by atoms with Gasteiger partial charge in [-0.2, -0.15) is 0 Å². The Morgan fingerprint density at radius 3 is 2.22 bits per heavy atom. The lowest BCUT2D eigenvalue weighted by Gasteiger charge is -2.23. The standard InChI is InChI=1S/C22H25F2NO2/c1-14(15-5-7-18(26)8-6-15)11-25-12-16-9-19(10-17(16)13-25)27-22-20(23)3-2-4-21(22)24/h2-8,14,16-17,19,26H,9-13H2,1H3/t14?,16-,17?,19?/m1/s1. The van der Waals surface area contributed by atoms with Crippen molar-refractivity contribution in [3.05, 3.63) is 59.7 Å². The Hall–Kier alpha value is -2.14. The zero-order valence-electron chi connectivity index (χ0n) is 15.4. The van der Waals surface area contributed by atoms with E-state index in [9.17, 15) is 13.9 Å². The second-order valence-corrected chi connectivity index (χ2v) is 7.99. The van der Waals surface area contributed by atoms with E-state index in [1.807, 2.05) is 12.1 Å². The van der Waals surface area contributed by atoms with Crippen LogP contribution in [-0.2, 0) is 0 Å². The van der Waals surface area contributed by atoms with Gasteiger partial charge in [0, 0.05) is 19.6 Å². The summed E-state index contributed by atoms with van der Waals surface area (Å²) >= 11 is 0. The molecule has 0 bridgehead atoms. The summed E-state index contributed by atoms with van der Waals surface area (Å²) in [6.07, 6.45) is 1.59. The number of phenols is 1. The van der Waals surface area contributed by atoms with Gasteiger partial charge in [0.2, 0.25) is 0 Å². The Bertz CT molecular complexity index is 761. The number of phenolic OH excluding ortho intramolecular Hbond substituents is 1. The molecule has 0 radical (unpaired) electrons. The zero-order valence-corrected chi connectivity index (χ0v) is 15.4. The first-order valence-electron chi connectivity index (χ1n) is 9.61. The van der Waals surface area contributed by atoms with E-state index >= 15 is 0 Å². The number of rotatable bonds is 5. The third kappa shape index (κ3) is 3.93. The van der Waals surface area contributed by atoms with Crippen molar-refractivity contribution in [1.82, 2.24) is 4.90 Å². The molecule has 1 saturated heterocycles. The van der Waals surface area contributed by atoms with Crippen LogP contribution in [-0.4, -0.2) is 35.7 Å². The van der Waals surface area contributed by atoms with Crippen molar-refractivity contribution in [3.8, 4) is 11.5 Å². The molecule has 0 aromatic heterocycles. The zero-order chi connectivity index (χ0) is 19.0. The summed E-state index contributed by atoms with van der Waals surface area (Å²) in [5.74, 6) is 0.241. The minimum atomic E-state index is -0.628. The van der Waals surface area contributed by atoms with Gasteiger partial charge in [0.15, 0.2) is 17.4 Å². The number of hydrogen-bond acceptors (Lipinski definition) is 3. The fraction of sp³-hybridized carbons (Fsp3) is 0.455. The van der Waals surface area contributed by atoms with E-state index in [1.54, 1.807) is 12.1 Å². The van der Waals surface area contributed by atoms with Crippen molar-refractivity contribution in [2.45, 2.75) is 31.8 Å². The smallest absolute Gasteiger partial charge is 0.191 e. The maximum Gasteiger partial charge on any atom is 0.191 e. The number of halogens is 2. The van der Waals surface area contributed by atoms with Gasteiger partial charge in [-0.15, -0.1) is 0 Å². The van der Waals surface area contributed by atoms with Crippen LogP contribution in [0, 0.1) is 23.5 Å². The summed E-state index contributed by atoms with van der Waals surface area (Å²) in [6.45, 7) is 5.19. The van der Waals surface area contributed by atoms with Crippen LogP contribution < -0.4 is 4.74 Å². The molecular weight excluding hydrogens is 348 g/mol. The van der Waals surface area contributed by atoms with E-state index < -0.39 is 11.6 Å². The molecule has 144 valence electrons. The Kier molecular flexibility index (Phi) is 5.04. The van der Waals surface area contributed by atoms with Crippen LogP contribution in [0.4, 0.5) is 8.78 Å². The first-order valence-corrected chi connectivity index (χ1v) is 9.61. The monoisotopic (exact) mass is 373 g/mol. The molecule has 1 saturated carbocycles. The Labute approximate surface area is 158 Å². The highest BCUT2D eigenvalue weighted by Gasteiger charge is 2.42. The van der Waals surface area contributed by atoms with Gasteiger partial charge in [-0.05, 0) is 60.4 Å². The molecule has 1 aliphatic carbocycles. The number of likely N-dealkylation sites (tertiary alicyclic amines) is 1. The number of ether oxygens (including phenoxy) is 1. The van der Waals surface area contributed by atoms with Gasteiger partial charge < -0.3 is 14.7 Å². The molecule has 0 amide bonds. The van der Waals surface area contributed by atoms with E-state index in [0.717, 1.165) is 32.5 Å². The normalized spacial score (nSPS) is 26.1. The maximum absolute atomic E-state index is 13.8. The number of hydrogen-bond donors (Lipinski definition) is 1. The molecule has 2 fully saturated rings. The molecule has 1 aliphatic heterocycles. The van der Waals surface area contributed by atoms with Gasteiger partial charge >= 0.3 is 0 Å². The molecule has 3 nitrogen and oxygen atoms in total. The minimum Gasteiger partial charge on any atom is -0.508 e. The number of benzene rings is 2. The molecular formula is C22H25F2NO2. The summed E-state index contributed by atoms with van der Waals surface area (Å²) in [4.78, 5) is 2.48. The second-order valence-electron chi connectivity index (χ2n) is 7.99. The molecule has 1 N–H and O–H groups in total. The van der Waals surface area contributed by atoms with Crippen molar-refractivity contribution in [2.24, 2.45) is 11.8 Å². The van der Waals surface area contributed by atoms with Gasteiger partial charge in [0.1, 0.15) is 5.75 Å². The van der Waals surface area contributed by atoms with Crippen molar-refractivity contribution in [2.75, 3.05) is 19.6 Å². The lowest BCUT2D eigenvalue weighted by Crippen LogP contribution is -2.28. The molecule has 2 aromatic carbocycles. The molecule has 27 heavy (non-hydrogen) atoms. The van der Waals surface area contributed by atoms with Crippen molar-refractivity contribution in [3.63, 3.8) is 0 Å². The van der Waals surface area contributed by atoms with E-state index in [1.165, 1.54) is 23.8 Å². The highest BCUT2D eigenvalue weighted by Crippen LogP contribution is 2.41. The molecule has 2 aromatic rings. The third-order valence-corrected chi connectivity index (χ3v) is 5.98. The summed E-state index contributed by atoms with van der Waals surface area (Å²) in [6, 6.07) is 11.2. The molecule has 4 rings (SSSR count). The van der Waals surface area contributed by atoms with Crippen LogP contribution in [0.5, 0.6) is 11.5 Å². The average molecular weight is 373 g/mol. The summed E-state index contributed by atoms with van der Waals surface area (Å²) in [5, 5.41) is 9.43. The Balaban J connectivity index is 1.31. The summed E-state index contributed by atoms with van der Waals surface area (Å²) < 4.78 is 33.3. The van der Waals surface area contributed by atoms with Crippen molar-refractivity contribution < 1.29 is 18.6 Å². The minimum absolute atomic E-state index is 0.108. The van der Waals surface area contributed by atoms with E-state index in [-0.39, 0.29) is 11.9 Å². The lowest BCUT2D eigenvalue weighted by molar-refractivity contribution is 0.170. The number of nitrogens with zero attached hydrogens (tertiary/aromatic N) is 1. The van der Waals surface area contributed by atoms with Gasteiger partial charge in [0.05, 0.1) is 6.10 Å². The summed E-state index contributed by atoms with van der Waals surface area (Å²) in [7, 11) is 0. The fourth-order valence-electron chi connectivity index (χ4n) is 4.64. The van der Waals surface area contributed by atoms with E-state index in [0.29, 0.717) is 23.5 Å². The van der Waals surface area contributed by atoms with Crippen LogP contribution in [0.1, 0.15) is 31.2 Å². The van der Waals surface area contributed by atoms with Crippen LogP contribution in [0.3, 0.4) is 0 Å². The van der Waals surface area contributed by atoms with Gasteiger partial charge in [-0.3, -0.25) is 0 Å². The average Bonchev–Trinajstić information content (AvgIpc) is 3.16. The molecule has 2 aliphatic rings. The van der Waals surface area contributed by atoms with Crippen LogP contribution in [0.2, 0.25) is 0 Å². The predicted octanol–water partition coefficient (Wildman–Crippen LogP) is 4.56. The number of fused-ring (bicyclic) bond motifs is 1. The predicted molar refractivity (Wildman–Crippen MR) is 99.9 cm³/mol. The van der Waals surface area contributed by atoms with Crippen LogP contribution >= 0.6 is 0 Å². The molecule has 1 heterocycles. The first kappa shape index (κ1) is 18.2. The largest absolute Gasteiger partial charge is 0.508 e. The summed E-state index contributed by atoms with van der Waals surface area (Å²) in [5.41, 5.74) is 1.22. The first-order chi connectivity index (χ1) is 13.0. The molecule has 4 atom stereocenters. The van der Waals surface area contributed by atoms with Crippen LogP contribution in [0.15, 0.2) is 42.5 Å². The van der Waals surface area contributed by atoms with Crippen molar-refractivity contribution in [1.29, 1.82) is 0 Å². The fourth-order valence-corrected chi connectivity index (χ4v) is 4.64. The maximum atomic E-state index is 13.8.